The van der Waals surface area contributed by atoms with Gasteiger partial charge in [0, 0.05) is 112 Å². The van der Waals surface area contributed by atoms with Crippen LogP contribution in [0.25, 0.3) is 20.2 Å². The van der Waals surface area contributed by atoms with Crippen LogP contribution in [0.3, 0.4) is 0 Å². The number of carbonyl (C=O) groups excluding carboxylic acids is 1. The van der Waals surface area contributed by atoms with Crippen LogP contribution in [0.15, 0.2) is 108 Å². The van der Waals surface area contributed by atoms with Gasteiger partial charge in [-0.25, -0.2) is 8.42 Å². The van der Waals surface area contributed by atoms with E-state index in [1.165, 1.54) is 29.9 Å². The molecule has 1 aliphatic heterocycles. The minimum atomic E-state index is -3.59. The van der Waals surface area contributed by atoms with Crippen LogP contribution in [-0.4, -0.2) is 24.7 Å². The maximum absolute atomic E-state index is 12.4. The molecule has 1 aliphatic rings. The van der Waals surface area contributed by atoms with Crippen molar-refractivity contribution in [3.8, 4) is 0 Å². The zero-order valence-electron chi connectivity index (χ0n) is 21.0. The number of rotatable bonds is 0. The Morgan fingerprint density at radius 1 is 0.651 bits per heavy atom. The minimum Gasteiger partial charge on any atom is -0.289 e. The molecule has 1 aromatic heterocycles. The van der Waals surface area contributed by atoms with Crippen molar-refractivity contribution in [2.75, 3.05) is 0 Å². The van der Waals surface area contributed by atoms with Crippen molar-refractivity contribution >= 4 is 150 Å². The summed E-state index contributed by atoms with van der Waals surface area (Å²) in [7, 11) is -0.333. The highest BCUT2D eigenvalue weighted by Crippen LogP contribution is 2.35. The molecule has 6 nitrogen and oxygen atoms in total. The summed E-state index contributed by atoms with van der Waals surface area (Å²) < 4.78 is 28.5. The number of halogens is 2. The molecule has 17 heteroatoms. The van der Waals surface area contributed by atoms with E-state index in [2.05, 4.69) is 76.6 Å². The Morgan fingerprint density at radius 3 is 1.81 bits per heavy atom. The van der Waals surface area contributed by atoms with Crippen molar-refractivity contribution in [2.24, 2.45) is 0 Å². The second-order valence-corrected chi connectivity index (χ2v) is 17.9. The number of carbonyl (C=O) groups is 1. The third-order valence-corrected chi connectivity index (χ3v) is 11.7. The predicted molar refractivity (Wildman–Crippen MR) is 200 cm³/mol. The van der Waals surface area contributed by atoms with Crippen molar-refractivity contribution < 1.29 is 23.7 Å². The molecule has 0 saturated carbocycles. The molecule has 4 aromatic carbocycles. The second-order valence-electron chi connectivity index (χ2n) is 7.74. The van der Waals surface area contributed by atoms with Gasteiger partial charge in [-0.3, -0.25) is 20.1 Å². The maximum atomic E-state index is 12.4. The summed E-state index contributed by atoms with van der Waals surface area (Å²) in [5.74, 6) is -0.253. The average Bonchev–Trinajstić information content (AvgIpc) is 3.02. The van der Waals surface area contributed by atoms with E-state index in [9.17, 15) is 18.0 Å². The number of benzene rings is 4. The normalized spacial score (nSPS) is 11.7. The van der Waals surface area contributed by atoms with Crippen LogP contribution in [0.4, 0.5) is 0 Å². The summed E-state index contributed by atoms with van der Waals surface area (Å²) in [4.78, 5) is 24.7. The Morgan fingerprint density at radius 2 is 1.16 bits per heavy atom. The number of sulfone groups is 1. The van der Waals surface area contributed by atoms with Gasteiger partial charge < -0.3 is 0 Å². The highest BCUT2D eigenvalue weighted by atomic mass is 79.9. The third-order valence-electron chi connectivity index (χ3n) is 5.46. The summed E-state index contributed by atoms with van der Waals surface area (Å²) in [5, 5.41) is 13.6. The van der Waals surface area contributed by atoms with Crippen molar-refractivity contribution in [2.45, 2.75) is 9.79 Å². The Kier molecular flexibility index (Phi) is 16.5. The fourth-order valence-electron chi connectivity index (χ4n) is 3.84. The summed E-state index contributed by atoms with van der Waals surface area (Å²) in [6.45, 7) is 0. The summed E-state index contributed by atoms with van der Waals surface area (Å²) >= 11 is 25.2. The van der Waals surface area contributed by atoms with Gasteiger partial charge in [-0.1, -0.05) is 56.1 Å². The highest BCUT2D eigenvalue weighted by Gasteiger charge is 2.34. The van der Waals surface area contributed by atoms with Crippen molar-refractivity contribution in [3.63, 3.8) is 0 Å². The number of hydrogen-bond acceptors (Lipinski definition) is 11. The van der Waals surface area contributed by atoms with Crippen molar-refractivity contribution in [1.82, 2.24) is 0 Å². The van der Waals surface area contributed by atoms with E-state index in [4.69, 9.17) is 10.5 Å². The lowest BCUT2D eigenvalue weighted by Crippen LogP contribution is -2.19. The largest absolute Gasteiger partial charge is 0.289 e. The van der Waals surface area contributed by atoms with Crippen molar-refractivity contribution in [1.29, 1.82) is 0 Å². The maximum Gasteiger partial charge on any atom is 0.208 e. The van der Waals surface area contributed by atoms with Gasteiger partial charge in [0.2, 0.25) is 9.84 Å². The van der Waals surface area contributed by atoms with Gasteiger partial charge in [-0.2, -0.15) is 0 Å². The lowest BCUT2D eigenvalue weighted by molar-refractivity contribution is -0.176. The quantitative estimate of drug-likeness (QED) is 0.0942. The molecule has 0 atom stereocenters. The lowest BCUT2D eigenvalue weighted by Gasteiger charge is -2.18. The van der Waals surface area contributed by atoms with Crippen LogP contribution in [0.5, 0.6) is 0 Å². The topological polar surface area (TPSA) is 109 Å². The zero-order chi connectivity index (χ0) is 32.2. The Hall–Kier alpha value is -1.19. The first-order valence-corrected chi connectivity index (χ1v) is 21.7. The average molecular weight is 873 g/mol. The fraction of sp³-hybridized carbons (Fsp3) is 0. The van der Waals surface area contributed by atoms with E-state index < -0.39 is 9.84 Å². The molecule has 0 spiro atoms. The molecule has 0 unspecified atom stereocenters. The summed E-state index contributed by atoms with van der Waals surface area (Å²) in [6.07, 6.45) is 0. The van der Waals surface area contributed by atoms with E-state index in [0.29, 0.717) is 4.47 Å². The van der Waals surface area contributed by atoms with Gasteiger partial charge in [0.1, 0.15) is 0 Å². The van der Waals surface area contributed by atoms with Gasteiger partial charge >= 0.3 is 0 Å². The van der Waals surface area contributed by atoms with Crippen LogP contribution in [0, 0.1) is 0 Å². The van der Waals surface area contributed by atoms with E-state index in [0.717, 1.165) is 33.5 Å². The molecular weight excluding hydrogens is 857 g/mol. The standard InChI is InChI=1S/C13H7BrO3S.C13H7BrOS.H2O2.S4.S3/c14-8-5-6-12-10(7-8)13(15)9-3-1-2-4-11(9)18(12,16)17;14-8-5-6-12-10(7-8)13(15)9-3-1-2-4-11(9)16-12;1-2;1-3-4-2;1-3-2/h1-7H;1-7H;1-2H;;. The smallest absolute Gasteiger partial charge is 0.208 e. The molecule has 5 aromatic rings. The Bertz CT molecular complexity index is 2070. The third kappa shape index (κ3) is 9.65. The molecule has 0 radical (unpaired) electrons. The molecule has 0 saturated heterocycles. The molecule has 224 valence electrons. The molecule has 6 rings (SSSR count). The minimum absolute atomic E-state index is 0.0781. The lowest BCUT2D eigenvalue weighted by atomic mass is 10.0. The predicted octanol–water partition coefficient (Wildman–Crippen LogP) is 7.00. The Balaban J connectivity index is 0.000000237. The van der Waals surface area contributed by atoms with Crippen molar-refractivity contribution in [3.05, 3.63) is 115 Å². The molecule has 0 bridgehead atoms. The van der Waals surface area contributed by atoms with Gasteiger partial charge in [0.15, 0.2) is 11.2 Å². The Labute approximate surface area is 295 Å². The zero-order valence-corrected chi connectivity index (χ0v) is 31.6. The van der Waals surface area contributed by atoms with Crippen LogP contribution in [0.2, 0.25) is 0 Å². The molecule has 43 heavy (non-hydrogen) atoms. The molecule has 0 fully saturated rings. The van der Waals surface area contributed by atoms with Crippen LogP contribution >= 0.6 is 43.2 Å². The van der Waals surface area contributed by atoms with E-state index in [1.807, 2.05) is 42.5 Å². The molecular formula is C26H16Br2O6S9. The molecule has 2 heterocycles. The SMILES string of the molecule is O=C1c2ccccc2S(=O)(=O)c2ccc(Br)cc21.O=c1c2ccccc2sc2ccc(Br)cc12.OO.S=S=S.S=S=S=S. The highest BCUT2D eigenvalue weighted by molar-refractivity contribution is 9.10. The van der Waals surface area contributed by atoms with Gasteiger partial charge in [-0.15, -0.1) is 11.3 Å². The summed E-state index contributed by atoms with van der Waals surface area (Å²) in [6, 6.07) is 24.5. The number of fused-ring (bicyclic) bond motifs is 4. The first-order valence-electron chi connectivity index (χ1n) is 11.1. The number of hydrogen-bond donors (Lipinski definition) is 2. The monoisotopic (exact) mass is 870 g/mol. The second kappa shape index (κ2) is 18.7. The van der Waals surface area contributed by atoms with Gasteiger partial charge in [-0.05, 0) is 60.7 Å². The molecule has 2 N–H and O–H groups in total. The first kappa shape index (κ1) is 38.0. The van der Waals surface area contributed by atoms with Gasteiger partial charge in [0.25, 0.3) is 0 Å². The van der Waals surface area contributed by atoms with Gasteiger partial charge in [0.05, 0.1) is 9.79 Å². The van der Waals surface area contributed by atoms with Crippen LogP contribution in [-0.2, 0) is 81.2 Å². The molecule has 0 aliphatic carbocycles. The first-order chi connectivity index (χ1) is 20.6. The van der Waals surface area contributed by atoms with E-state index in [-0.39, 0.29) is 32.1 Å². The van der Waals surface area contributed by atoms with Crippen LogP contribution < -0.4 is 5.43 Å². The number of ketones is 1. The summed E-state index contributed by atoms with van der Waals surface area (Å²) in [5.41, 5.74) is 0.580. The fourth-order valence-corrected chi connectivity index (χ4v) is 7.25. The van der Waals surface area contributed by atoms with E-state index >= 15 is 0 Å². The van der Waals surface area contributed by atoms with E-state index in [1.54, 1.807) is 41.7 Å². The van der Waals surface area contributed by atoms with Crippen LogP contribution in [0.1, 0.15) is 15.9 Å². The molecule has 0 amide bonds.